The molecule has 78 valence electrons. The van der Waals surface area contributed by atoms with Gasteiger partial charge in [-0.2, -0.15) is 0 Å². The van der Waals surface area contributed by atoms with Crippen LogP contribution in [0.1, 0.15) is 26.2 Å². The van der Waals surface area contributed by atoms with Crippen molar-refractivity contribution in [2.24, 2.45) is 0 Å². The van der Waals surface area contributed by atoms with Crippen molar-refractivity contribution in [1.29, 1.82) is 0 Å². The summed E-state index contributed by atoms with van der Waals surface area (Å²) in [5.74, 6) is -0.381. The zero-order valence-electron chi connectivity index (χ0n) is 8.62. The third-order valence-electron chi connectivity index (χ3n) is 1.52. The lowest BCUT2D eigenvalue weighted by Gasteiger charge is -2.13. The Hall–Kier alpha value is -0.610. The standard InChI is InChI=1S/C9H19NO3/c1-4-5-6-8(11)13-9(12)7-10(2)3/h8,11H,4-7H2,1-3H3. The highest BCUT2D eigenvalue weighted by molar-refractivity contribution is 5.71. The molecule has 0 rings (SSSR count). The number of esters is 1. The second kappa shape index (κ2) is 6.86. The largest absolute Gasteiger partial charge is 0.435 e. The third-order valence-corrected chi connectivity index (χ3v) is 1.52. The van der Waals surface area contributed by atoms with E-state index in [0.717, 1.165) is 12.8 Å². The lowest BCUT2D eigenvalue weighted by Crippen LogP contribution is -2.27. The van der Waals surface area contributed by atoms with Gasteiger partial charge < -0.3 is 9.84 Å². The number of unbranched alkanes of at least 4 members (excludes halogenated alkanes) is 1. The molecule has 0 fully saturated rings. The van der Waals surface area contributed by atoms with E-state index in [9.17, 15) is 9.90 Å². The summed E-state index contributed by atoms with van der Waals surface area (Å²) in [5, 5.41) is 9.20. The van der Waals surface area contributed by atoms with E-state index in [2.05, 4.69) is 0 Å². The number of ether oxygens (including phenoxy) is 1. The lowest BCUT2D eigenvalue weighted by atomic mass is 10.2. The Balaban J connectivity index is 3.53. The predicted molar refractivity (Wildman–Crippen MR) is 50.2 cm³/mol. The monoisotopic (exact) mass is 189 g/mol. The predicted octanol–water partition coefficient (Wildman–Crippen LogP) is 0.600. The van der Waals surface area contributed by atoms with Crippen molar-refractivity contribution in [3.05, 3.63) is 0 Å². The summed E-state index contributed by atoms with van der Waals surface area (Å²) in [6.07, 6.45) is 1.45. The second-order valence-electron chi connectivity index (χ2n) is 3.32. The Kier molecular flexibility index (Phi) is 6.54. The molecule has 0 aromatic heterocycles. The molecule has 0 aliphatic heterocycles. The highest BCUT2D eigenvalue weighted by atomic mass is 16.6. The quantitative estimate of drug-likeness (QED) is 0.491. The number of aliphatic hydroxyl groups excluding tert-OH is 1. The number of likely N-dealkylation sites (N-methyl/N-ethyl adjacent to an activating group) is 1. The third kappa shape index (κ3) is 7.74. The molecule has 4 heteroatoms. The Morgan fingerprint density at radius 3 is 2.62 bits per heavy atom. The second-order valence-corrected chi connectivity index (χ2v) is 3.32. The lowest BCUT2D eigenvalue weighted by molar-refractivity contribution is -0.169. The summed E-state index contributed by atoms with van der Waals surface area (Å²) < 4.78 is 4.74. The molecule has 1 atom stereocenters. The SMILES string of the molecule is CCCCC(O)OC(=O)CN(C)C. The van der Waals surface area contributed by atoms with Gasteiger partial charge in [-0.25, -0.2) is 0 Å². The van der Waals surface area contributed by atoms with E-state index in [4.69, 9.17) is 4.74 Å². The fourth-order valence-electron chi connectivity index (χ4n) is 0.885. The van der Waals surface area contributed by atoms with Crippen molar-refractivity contribution in [3.8, 4) is 0 Å². The van der Waals surface area contributed by atoms with Gasteiger partial charge in [-0.05, 0) is 20.5 Å². The van der Waals surface area contributed by atoms with Crippen LogP contribution in [0.3, 0.4) is 0 Å². The van der Waals surface area contributed by atoms with E-state index < -0.39 is 6.29 Å². The number of carbonyl (C=O) groups excluding carboxylic acids is 1. The summed E-state index contributed by atoms with van der Waals surface area (Å²) in [6, 6.07) is 0. The molecular formula is C9H19NO3. The molecule has 0 aromatic carbocycles. The molecule has 0 aliphatic rings. The number of hydrogen-bond donors (Lipinski definition) is 1. The molecule has 0 bridgehead atoms. The van der Waals surface area contributed by atoms with Crippen molar-refractivity contribution in [2.75, 3.05) is 20.6 Å². The van der Waals surface area contributed by atoms with Gasteiger partial charge in [0.25, 0.3) is 0 Å². The number of aliphatic hydroxyl groups is 1. The van der Waals surface area contributed by atoms with Gasteiger partial charge in [0.1, 0.15) is 0 Å². The molecule has 1 unspecified atom stereocenters. The average Bonchev–Trinajstić information content (AvgIpc) is 1.98. The minimum atomic E-state index is -0.938. The maximum Gasteiger partial charge on any atom is 0.322 e. The van der Waals surface area contributed by atoms with E-state index in [1.54, 1.807) is 19.0 Å². The molecule has 0 spiro atoms. The van der Waals surface area contributed by atoms with Crippen LogP contribution in [-0.4, -0.2) is 42.9 Å². The smallest absolute Gasteiger partial charge is 0.322 e. The van der Waals surface area contributed by atoms with Crippen molar-refractivity contribution < 1.29 is 14.6 Å². The Bertz CT molecular complexity index is 148. The van der Waals surface area contributed by atoms with Gasteiger partial charge in [-0.15, -0.1) is 0 Å². The van der Waals surface area contributed by atoms with Gasteiger partial charge in [0.05, 0.1) is 6.54 Å². The van der Waals surface area contributed by atoms with Crippen molar-refractivity contribution in [3.63, 3.8) is 0 Å². The fourth-order valence-corrected chi connectivity index (χ4v) is 0.885. The Morgan fingerprint density at radius 2 is 2.15 bits per heavy atom. The van der Waals surface area contributed by atoms with Gasteiger partial charge in [-0.3, -0.25) is 9.69 Å². The van der Waals surface area contributed by atoms with Gasteiger partial charge in [0, 0.05) is 6.42 Å². The van der Waals surface area contributed by atoms with Gasteiger partial charge >= 0.3 is 5.97 Å². The molecule has 13 heavy (non-hydrogen) atoms. The number of rotatable bonds is 6. The molecule has 0 heterocycles. The van der Waals surface area contributed by atoms with Crippen LogP contribution in [-0.2, 0) is 9.53 Å². The molecule has 0 radical (unpaired) electrons. The number of carbonyl (C=O) groups is 1. The first kappa shape index (κ1) is 12.4. The van der Waals surface area contributed by atoms with E-state index in [0.29, 0.717) is 6.42 Å². The zero-order valence-corrected chi connectivity index (χ0v) is 8.62. The minimum absolute atomic E-state index is 0.211. The van der Waals surface area contributed by atoms with Crippen LogP contribution in [0.15, 0.2) is 0 Å². The molecule has 0 saturated heterocycles. The highest BCUT2D eigenvalue weighted by Crippen LogP contribution is 2.01. The summed E-state index contributed by atoms with van der Waals surface area (Å²) in [5.41, 5.74) is 0. The van der Waals surface area contributed by atoms with Gasteiger partial charge in [-0.1, -0.05) is 13.3 Å². The maximum atomic E-state index is 11.0. The number of nitrogens with zero attached hydrogens (tertiary/aromatic N) is 1. The molecule has 0 amide bonds. The first-order valence-electron chi connectivity index (χ1n) is 4.58. The molecule has 0 aliphatic carbocycles. The van der Waals surface area contributed by atoms with Crippen LogP contribution < -0.4 is 0 Å². The zero-order chi connectivity index (χ0) is 10.3. The topological polar surface area (TPSA) is 49.8 Å². The molecule has 1 N–H and O–H groups in total. The van der Waals surface area contributed by atoms with E-state index >= 15 is 0 Å². The molecule has 0 aromatic rings. The van der Waals surface area contributed by atoms with E-state index in [1.807, 2.05) is 6.92 Å². The summed E-state index contributed by atoms with van der Waals surface area (Å²) in [6.45, 7) is 2.23. The van der Waals surface area contributed by atoms with Crippen LogP contribution in [0.25, 0.3) is 0 Å². The van der Waals surface area contributed by atoms with Crippen LogP contribution in [0.5, 0.6) is 0 Å². The normalized spacial score (nSPS) is 13.0. The molecule has 0 saturated carbocycles. The van der Waals surface area contributed by atoms with Gasteiger partial charge in [0.15, 0.2) is 0 Å². The van der Waals surface area contributed by atoms with Crippen LogP contribution in [0.4, 0.5) is 0 Å². The maximum absolute atomic E-state index is 11.0. The summed E-state index contributed by atoms with van der Waals surface area (Å²) in [4.78, 5) is 12.7. The summed E-state index contributed by atoms with van der Waals surface area (Å²) in [7, 11) is 3.55. The van der Waals surface area contributed by atoms with Crippen LogP contribution >= 0.6 is 0 Å². The number of hydrogen-bond acceptors (Lipinski definition) is 4. The van der Waals surface area contributed by atoms with Crippen LogP contribution in [0, 0.1) is 0 Å². The highest BCUT2D eigenvalue weighted by Gasteiger charge is 2.10. The first-order valence-corrected chi connectivity index (χ1v) is 4.58. The van der Waals surface area contributed by atoms with Crippen LogP contribution in [0.2, 0.25) is 0 Å². The van der Waals surface area contributed by atoms with Gasteiger partial charge in [0.2, 0.25) is 6.29 Å². The van der Waals surface area contributed by atoms with E-state index in [-0.39, 0.29) is 12.5 Å². The van der Waals surface area contributed by atoms with Crippen molar-refractivity contribution in [2.45, 2.75) is 32.5 Å². The average molecular weight is 189 g/mol. The Morgan fingerprint density at radius 1 is 1.54 bits per heavy atom. The fraction of sp³-hybridized carbons (Fsp3) is 0.889. The minimum Gasteiger partial charge on any atom is -0.435 e. The van der Waals surface area contributed by atoms with Crippen molar-refractivity contribution in [1.82, 2.24) is 4.90 Å². The van der Waals surface area contributed by atoms with Crippen molar-refractivity contribution >= 4 is 5.97 Å². The van der Waals surface area contributed by atoms with E-state index in [1.165, 1.54) is 0 Å². The summed E-state index contributed by atoms with van der Waals surface area (Å²) >= 11 is 0. The molecular weight excluding hydrogens is 170 g/mol. The molecule has 4 nitrogen and oxygen atoms in total. The Labute approximate surface area is 79.5 Å². The first-order chi connectivity index (χ1) is 6.06.